The highest BCUT2D eigenvalue weighted by atomic mass is 16.5. The average Bonchev–Trinajstić information content (AvgIpc) is 3.38. The maximum Gasteiger partial charge on any atom is 0.133 e. The summed E-state index contributed by atoms with van der Waals surface area (Å²) >= 11 is 0. The number of imidazole rings is 1. The first kappa shape index (κ1) is 16.6. The molecule has 5 aromatic rings. The summed E-state index contributed by atoms with van der Waals surface area (Å²) in [5, 5.41) is 5.64. The number of nitrogens with two attached hydrogens (primary N) is 1. The van der Waals surface area contributed by atoms with Gasteiger partial charge < -0.3 is 20.4 Å². The molecule has 0 bridgehead atoms. The summed E-state index contributed by atoms with van der Waals surface area (Å²) in [6, 6.07) is 16.1. The van der Waals surface area contributed by atoms with Gasteiger partial charge >= 0.3 is 0 Å². The Labute approximate surface area is 161 Å². The molecule has 1 atom stereocenters. The summed E-state index contributed by atoms with van der Waals surface area (Å²) in [4.78, 5) is 11.1. The Kier molecular flexibility index (Phi) is 3.70. The van der Waals surface area contributed by atoms with Crippen molar-refractivity contribution in [3.63, 3.8) is 0 Å². The quantitative estimate of drug-likeness (QED) is 0.446. The van der Waals surface area contributed by atoms with Crippen LogP contribution in [-0.4, -0.2) is 31.8 Å². The topological polar surface area (TPSA) is 97.5 Å². The zero-order valence-electron chi connectivity index (χ0n) is 15.6. The maximum absolute atomic E-state index is 6.47. The molecule has 5 rings (SSSR count). The maximum atomic E-state index is 6.47. The van der Waals surface area contributed by atoms with E-state index in [-0.39, 0.29) is 6.10 Å². The van der Waals surface area contributed by atoms with E-state index < -0.39 is 0 Å². The third-order valence-electron chi connectivity index (χ3n) is 5.02. The largest absolute Gasteiger partial charge is 0.383 e. The van der Waals surface area contributed by atoms with Gasteiger partial charge in [-0.3, -0.25) is 0 Å². The summed E-state index contributed by atoms with van der Waals surface area (Å²) in [6.07, 6.45) is 1.43. The lowest BCUT2D eigenvalue weighted by Crippen LogP contribution is -2.08. The van der Waals surface area contributed by atoms with Gasteiger partial charge in [-0.1, -0.05) is 18.2 Å². The lowest BCUT2D eigenvalue weighted by Gasteiger charge is -2.14. The molecule has 2 aromatic carbocycles. The van der Waals surface area contributed by atoms with E-state index >= 15 is 0 Å². The first-order valence-corrected chi connectivity index (χ1v) is 9.04. The number of aryl methyl sites for hydroxylation is 1. The Morgan fingerprint density at radius 3 is 2.75 bits per heavy atom. The van der Waals surface area contributed by atoms with Crippen molar-refractivity contribution in [2.24, 2.45) is 0 Å². The second-order valence-corrected chi connectivity index (χ2v) is 6.85. The molecule has 0 spiro atoms. The van der Waals surface area contributed by atoms with Crippen LogP contribution in [-0.2, 0) is 4.74 Å². The monoisotopic (exact) mass is 372 g/mol. The van der Waals surface area contributed by atoms with Crippen molar-refractivity contribution in [1.29, 1.82) is 0 Å². The highest BCUT2D eigenvalue weighted by molar-refractivity contribution is 5.81. The highest BCUT2D eigenvalue weighted by Crippen LogP contribution is 2.32. The summed E-state index contributed by atoms with van der Waals surface area (Å²) in [6.45, 7) is 1.93. The molecule has 3 aromatic heterocycles. The Bertz CT molecular complexity index is 1260. The van der Waals surface area contributed by atoms with Gasteiger partial charge in [-0.25, -0.2) is 9.67 Å². The van der Waals surface area contributed by atoms with E-state index in [9.17, 15) is 0 Å². The minimum atomic E-state index is -0.334. The number of para-hydroxylation sites is 1. The molecule has 7 nitrogen and oxygen atoms in total. The Morgan fingerprint density at radius 2 is 1.93 bits per heavy atom. The highest BCUT2D eigenvalue weighted by Gasteiger charge is 2.22. The first-order chi connectivity index (χ1) is 13.6. The molecular weight excluding hydrogens is 352 g/mol. The van der Waals surface area contributed by atoms with Crippen LogP contribution in [0.15, 0.2) is 54.7 Å². The van der Waals surface area contributed by atoms with E-state index in [0.29, 0.717) is 5.82 Å². The number of nitrogens with one attached hydrogen (secondary N) is 2. The average molecular weight is 372 g/mol. The zero-order valence-corrected chi connectivity index (χ0v) is 15.6. The first-order valence-electron chi connectivity index (χ1n) is 9.04. The van der Waals surface area contributed by atoms with E-state index in [0.717, 1.165) is 44.7 Å². The number of benzene rings is 2. The fourth-order valence-electron chi connectivity index (χ4n) is 3.69. The van der Waals surface area contributed by atoms with Crippen molar-refractivity contribution in [2.45, 2.75) is 13.0 Å². The molecular formula is C21H20N6O. The molecule has 0 radical (unpaired) electrons. The number of hydrogen-bond acceptors (Lipinski definition) is 4. The molecule has 3 heterocycles. The van der Waals surface area contributed by atoms with Crippen LogP contribution in [0, 0.1) is 6.92 Å². The molecule has 28 heavy (non-hydrogen) atoms. The van der Waals surface area contributed by atoms with Gasteiger partial charge in [-0.05, 0) is 42.6 Å². The van der Waals surface area contributed by atoms with Gasteiger partial charge in [-0.15, -0.1) is 0 Å². The molecule has 4 N–H and O–H groups in total. The zero-order chi connectivity index (χ0) is 19.3. The summed E-state index contributed by atoms with van der Waals surface area (Å²) in [5.74, 6) is 1.42. The van der Waals surface area contributed by atoms with Crippen molar-refractivity contribution in [3.05, 3.63) is 71.8 Å². The van der Waals surface area contributed by atoms with E-state index in [1.807, 2.05) is 43.3 Å². The van der Waals surface area contributed by atoms with Crippen LogP contribution in [0.25, 0.3) is 27.6 Å². The van der Waals surface area contributed by atoms with Crippen LogP contribution in [0.2, 0.25) is 0 Å². The van der Waals surface area contributed by atoms with Gasteiger partial charge in [-0.2, -0.15) is 5.10 Å². The third-order valence-corrected chi connectivity index (χ3v) is 5.02. The summed E-state index contributed by atoms with van der Waals surface area (Å²) < 4.78 is 7.50. The third kappa shape index (κ3) is 2.56. The molecule has 0 aliphatic rings. The molecule has 0 aliphatic heterocycles. The fraction of sp³-hybridized carbons (Fsp3) is 0.143. The second-order valence-electron chi connectivity index (χ2n) is 6.85. The second kappa shape index (κ2) is 6.24. The number of H-pyrrole nitrogens is 2. The van der Waals surface area contributed by atoms with Crippen molar-refractivity contribution >= 4 is 27.8 Å². The minimum absolute atomic E-state index is 0.334. The SMILES string of the molecule is COC(c1cc2ccccc2[nH]1)c1cnn(-c2ccc3nc(C)[nH]c3c2)c1N. The van der Waals surface area contributed by atoms with Crippen molar-refractivity contribution in [1.82, 2.24) is 24.7 Å². The Balaban J connectivity index is 1.57. The van der Waals surface area contributed by atoms with E-state index in [1.54, 1.807) is 18.0 Å². The molecule has 0 fully saturated rings. The van der Waals surface area contributed by atoms with Gasteiger partial charge in [0.15, 0.2) is 0 Å². The molecule has 0 saturated carbocycles. The minimum Gasteiger partial charge on any atom is -0.383 e. The lowest BCUT2D eigenvalue weighted by molar-refractivity contribution is 0.134. The number of ether oxygens (including phenoxy) is 1. The van der Waals surface area contributed by atoms with Gasteiger partial charge in [0.1, 0.15) is 17.7 Å². The summed E-state index contributed by atoms with van der Waals surface area (Å²) in [5.41, 5.74) is 12.0. The van der Waals surface area contributed by atoms with Gasteiger partial charge in [0.05, 0.1) is 22.9 Å². The number of aromatic nitrogens is 5. The van der Waals surface area contributed by atoms with Crippen LogP contribution in [0.1, 0.15) is 23.2 Å². The van der Waals surface area contributed by atoms with Crippen molar-refractivity contribution in [2.75, 3.05) is 12.8 Å². The fourth-order valence-corrected chi connectivity index (χ4v) is 3.69. The number of rotatable bonds is 4. The number of methoxy groups -OCH3 is 1. The van der Waals surface area contributed by atoms with Gasteiger partial charge in [0.25, 0.3) is 0 Å². The van der Waals surface area contributed by atoms with E-state index in [4.69, 9.17) is 10.5 Å². The standard InChI is InChI=1S/C21H20N6O/c1-12-24-17-8-7-14(10-18(17)25-12)27-21(22)15(11-23-27)20(28-2)19-9-13-5-3-4-6-16(13)26-19/h3-11,20,26H,22H2,1-2H3,(H,24,25). The van der Waals surface area contributed by atoms with Crippen molar-refractivity contribution in [3.8, 4) is 5.69 Å². The Morgan fingerprint density at radius 1 is 1.07 bits per heavy atom. The number of anilines is 1. The molecule has 7 heteroatoms. The Hall–Kier alpha value is -3.58. The molecule has 0 aliphatic carbocycles. The molecule has 0 amide bonds. The van der Waals surface area contributed by atoms with E-state index in [2.05, 4.69) is 32.2 Å². The van der Waals surface area contributed by atoms with Gasteiger partial charge in [0.2, 0.25) is 0 Å². The van der Waals surface area contributed by atoms with Crippen molar-refractivity contribution < 1.29 is 4.74 Å². The number of nitrogen functional groups attached to an aromatic ring is 1. The van der Waals surface area contributed by atoms with Crippen LogP contribution >= 0.6 is 0 Å². The predicted molar refractivity (Wildman–Crippen MR) is 110 cm³/mol. The lowest BCUT2D eigenvalue weighted by atomic mass is 10.1. The van der Waals surface area contributed by atoms with Crippen LogP contribution in [0.3, 0.4) is 0 Å². The number of fused-ring (bicyclic) bond motifs is 2. The normalized spacial score (nSPS) is 12.8. The molecule has 1 unspecified atom stereocenters. The van der Waals surface area contributed by atoms with Crippen LogP contribution < -0.4 is 5.73 Å². The van der Waals surface area contributed by atoms with Gasteiger partial charge in [0, 0.05) is 23.9 Å². The van der Waals surface area contributed by atoms with Crippen LogP contribution in [0.5, 0.6) is 0 Å². The summed E-state index contributed by atoms with van der Waals surface area (Å²) in [7, 11) is 1.67. The molecule has 0 saturated heterocycles. The van der Waals surface area contributed by atoms with Crippen LogP contribution in [0.4, 0.5) is 5.82 Å². The number of aromatic amines is 2. The molecule has 140 valence electrons. The number of nitrogens with zero attached hydrogens (tertiary/aromatic N) is 3. The smallest absolute Gasteiger partial charge is 0.133 e. The number of hydrogen-bond donors (Lipinski definition) is 3. The predicted octanol–water partition coefficient (Wildman–Crippen LogP) is 3.86. The van der Waals surface area contributed by atoms with E-state index in [1.165, 1.54) is 0 Å².